The summed E-state index contributed by atoms with van der Waals surface area (Å²) in [4.78, 5) is 21.6. The van der Waals surface area contributed by atoms with Crippen LogP contribution >= 0.6 is 22.6 Å². The van der Waals surface area contributed by atoms with Crippen molar-refractivity contribution < 1.29 is 9.53 Å². The first kappa shape index (κ1) is 16.5. The molecule has 2 atom stereocenters. The van der Waals surface area contributed by atoms with Crippen molar-refractivity contribution in [2.45, 2.75) is 36.7 Å². The number of aromatic amines is 1. The second kappa shape index (κ2) is 6.30. The van der Waals surface area contributed by atoms with Gasteiger partial charge in [-0.05, 0) is 50.8 Å². The number of carbonyl (C=O) groups excluding carboxylic acids is 1. The zero-order valence-electron chi connectivity index (χ0n) is 13.7. The fraction of sp³-hybridized carbons (Fsp3) is 0.529. The van der Waals surface area contributed by atoms with Crippen molar-refractivity contribution in [1.82, 2.24) is 14.9 Å². The van der Waals surface area contributed by atoms with Crippen LogP contribution in [0.15, 0.2) is 24.5 Å². The maximum Gasteiger partial charge on any atom is 0.410 e. The van der Waals surface area contributed by atoms with E-state index in [-0.39, 0.29) is 6.09 Å². The average molecular weight is 427 g/mol. The summed E-state index contributed by atoms with van der Waals surface area (Å²) in [5.74, 6) is 0.433. The fourth-order valence-electron chi connectivity index (χ4n) is 2.98. The number of halogens is 1. The highest BCUT2D eigenvalue weighted by Gasteiger charge is 2.34. The van der Waals surface area contributed by atoms with Crippen molar-refractivity contribution >= 4 is 39.7 Å². The minimum absolute atomic E-state index is 0.204. The molecule has 1 saturated heterocycles. The highest BCUT2D eigenvalue weighted by molar-refractivity contribution is 14.1. The number of nitrogens with zero attached hydrogens (tertiary/aromatic N) is 2. The molecule has 1 aliphatic heterocycles. The number of H-pyrrole nitrogens is 1. The molecule has 3 rings (SSSR count). The summed E-state index contributed by atoms with van der Waals surface area (Å²) in [5.41, 5.74) is 1.75. The van der Waals surface area contributed by atoms with Gasteiger partial charge in [0, 0.05) is 34.8 Å². The number of amides is 1. The molecule has 1 unspecified atom stereocenters. The van der Waals surface area contributed by atoms with E-state index < -0.39 is 5.60 Å². The molecule has 2 aromatic heterocycles. The molecule has 0 aliphatic carbocycles. The normalized spacial score (nSPS) is 20.0. The van der Waals surface area contributed by atoms with Gasteiger partial charge in [-0.2, -0.15) is 0 Å². The van der Waals surface area contributed by atoms with Gasteiger partial charge in [0.2, 0.25) is 0 Å². The Morgan fingerprint density at radius 3 is 3.04 bits per heavy atom. The fourth-order valence-corrected chi connectivity index (χ4v) is 4.08. The summed E-state index contributed by atoms with van der Waals surface area (Å²) in [6.45, 7) is 7.21. The number of likely N-dealkylation sites (tertiary alicyclic amines) is 1. The van der Waals surface area contributed by atoms with Crippen LogP contribution in [0.1, 0.15) is 36.7 Å². The highest BCUT2D eigenvalue weighted by Crippen LogP contribution is 2.40. The van der Waals surface area contributed by atoms with Crippen LogP contribution < -0.4 is 0 Å². The number of pyridine rings is 1. The molecule has 0 radical (unpaired) electrons. The predicted molar refractivity (Wildman–Crippen MR) is 98.8 cm³/mol. The van der Waals surface area contributed by atoms with Crippen LogP contribution in [0.4, 0.5) is 4.79 Å². The number of nitrogens with one attached hydrogen (secondary N) is 1. The predicted octanol–water partition coefficient (Wildman–Crippen LogP) is 4.30. The lowest BCUT2D eigenvalue weighted by Gasteiger charge is -2.25. The first-order chi connectivity index (χ1) is 10.8. The summed E-state index contributed by atoms with van der Waals surface area (Å²) >= 11 is 2.49. The summed E-state index contributed by atoms with van der Waals surface area (Å²) in [6.07, 6.45) is 4.64. The van der Waals surface area contributed by atoms with E-state index in [1.54, 1.807) is 6.20 Å². The van der Waals surface area contributed by atoms with Gasteiger partial charge in [-0.1, -0.05) is 22.6 Å². The molecule has 23 heavy (non-hydrogen) atoms. The van der Waals surface area contributed by atoms with Crippen LogP contribution in [-0.4, -0.2) is 39.7 Å². The van der Waals surface area contributed by atoms with E-state index in [1.807, 2.05) is 37.9 Å². The summed E-state index contributed by atoms with van der Waals surface area (Å²) < 4.78 is 5.82. The van der Waals surface area contributed by atoms with E-state index in [9.17, 15) is 4.79 Å². The van der Waals surface area contributed by atoms with Crippen LogP contribution in [0.2, 0.25) is 0 Å². The van der Waals surface area contributed by atoms with Crippen LogP contribution in [0.3, 0.4) is 0 Å². The van der Waals surface area contributed by atoms with E-state index in [2.05, 4.69) is 38.6 Å². The minimum Gasteiger partial charge on any atom is -0.444 e. The Morgan fingerprint density at radius 2 is 2.30 bits per heavy atom. The summed E-state index contributed by atoms with van der Waals surface area (Å²) in [6, 6.07) is 4.06. The third kappa shape index (κ3) is 3.62. The number of ether oxygens (including phenoxy) is 1. The molecule has 2 aromatic rings. The van der Waals surface area contributed by atoms with Crippen molar-refractivity contribution in [3.8, 4) is 0 Å². The van der Waals surface area contributed by atoms with Crippen molar-refractivity contribution in [3.05, 3.63) is 30.1 Å². The quantitative estimate of drug-likeness (QED) is 0.575. The zero-order valence-corrected chi connectivity index (χ0v) is 15.8. The largest absolute Gasteiger partial charge is 0.444 e. The maximum absolute atomic E-state index is 12.2. The molecule has 124 valence electrons. The molecule has 3 heterocycles. The van der Waals surface area contributed by atoms with Crippen molar-refractivity contribution in [2.24, 2.45) is 5.92 Å². The van der Waals surface area contributed by atoms with Gasteiger partial charge in [0.1, 0.15) is 11.2 Å². The third-order valence-electron chi connectivity index (χ3n) is 4.07. The molecule has 1 aliphatic rings. The van der Waals surface area contributed by atoms with E-state index >= 15 is 0 Å². The van der Waals surface area contributed by atoms with Crippen molar-refractivity contribution in [1.29, 1.82) is 0 Å². The van der Waals surface area contributed by atoms with Gasteiger partial charge in [-0.15, -0.1) is 0 Å². The Kier molecular flexibility index (Phi) is 4.53. The van der Waals surface area contributed by atoms with Crippen LogP contribution in [0.5, 0.6) is 0 Å². The van der Waals surface area contributed by atoms with Crippen LogP contribution in [0.25, 0.3) is 11.0 Å². The molecule has 6 heteroatoms. The summed E-state index contributed by atoms with van der Waals surface area (Å²) in [7, 11) is 0. The SMILES string of the molecule is CC(C)(C)OC(=O)N1CC[C@H](C(I)c2c[nH]c3ncccc23)C1. The van der Waals surface area contributed by atoms with E-state index in [0.29, 0.717) is 9.84 Å². The van der Waals surface area contributed by atoms with Gasteiger partial charge in [-0.25, -0.2) is 9.78 Å². The number of carbonyl (C=O) groups is 1. The number of hydrogen-bond donors (Lipinski definition) is 1. The highest BCUT2D eigenvalue weighted by atomic mass is 127. The molecule has 0 bridgehead atoms. The Morgan fingerprint density at radius 1 is 1.52 bits per heavy atom. The molecular weight excluding hydrogens is 405 g/mol. The molecule has 0 spiro atoms. The summed E-state index contributed by atoms with van der Waals surface area (Å²) in [5, 5.41) is 1.17. The lowest BCUT2D eigenvalue weighted by molar-refractivity contribution is 0.0288. The second-order valence-electron chi connectivity index (χ2n) is 7.02. The smallest absolute Gasteiger partial charge is 0.410 e. The molecular formula is C17H22IN3O2. The second-order valence-corrected chi connectivity index (χ2v) is 8.36. The minimum atomic E-state index is -0.443. The van der Waals surface area contributed by atoms with Gasteiger partial charge in [-0.3, -0.25) is 0 Å². The van der Waals surface area contributed by atoms with Crippen LogP contribution in [-0.2, 0) is 4.74 Å². The van der Waals surface area contributed by atoms with E-state index in [1.165, 1.54) is 10.9 Å². The molecule has 5 nitrogen and oxygen atoms in total. The Balaban J connectivity index is 1.70. The molecule has 1 amide bonds. The number of aromatic nitrogens is 2. The lowest BCUT2D eigenvalue weighted by atomic mass is 9.99. The molecule has 1 fully saturated rings. The van der Waals surface area contributed by atoms with Crippen molar-refractivity contribution in [2.75, 3.05) is 13.1 Å². The first-order valence-corrected chi connectivity index (χ1v) is 9.14. The molecule has 0 aromatic carbocycles. The average Bonchev–Trinajstić information content (AvgIpc) is 3.12. The van der Waals surface area contributed by atoms with Gasteiger partial charge in [0.25, 0.3) is 0 Å². The van der Waals surface area contributed by atoms with Gasteiger partial charge in [0.15, 0.2) is 0 Å². The van der Waals surface area contributed by atoms with Gasteiger partial charge < -0.3 is 14.6 Å². The van der Waals surface area contributed by atoms with E-state index in [4.69, 9.17) is 4.74 Å². The maximum atomic E-state index is 12.2. The third-order valence-corrected chi connectivity index (χ3v) is 5.76. The van der Waals surface area contributed by atoms with Gasteiger partial charge in [0.05, 0.1) is 0 Å². The Labute approximate surface area is 149 Å². The lowest BCUT2D eigenvalue weighted by Crippen LogP contribution is -2.35. The topological polar surface area (TPSA) is 58.2 Å². The Hall–Kier alpha value is -1.31. The monoisotopic (exact) mass is 427 g/mol. The molecule has 0 saturated carbocycles. The first-order valence-electron chi connectivity index (χ1n) is 7.89. The molecule has 1 N–H and O–H groups in total. The zero-order chi connectivity index (χ0) is 16.6. The van der Waals surface area contributed by atoms with Crippen molar-refractivity contribution in [3.63, 3.8) is 0 Å². The van der Waals surface area contributed by atoms with Crippen LogP contribution in [0, 0.1) is 5.92 Å². The standard InChI is InChI=1S/C17H22IN3O2/c1-17(2,3)23-16(22)21-8-6-11(10-21)14(18)13-9-20-15-12(13)5-4-7-19-15/h4-5,7,9,11,14H,6,8,10H2,1-3H3,(H,19,20)/t11-,14?/m0/s1. The number of hydrogen-bond acceptors (Lipinski definition) is 3. The number of fused-ring (bicyclic) bond motifs is 1. The van der Waals surface area contributed by atoms with E-state index in [0.717, 1.165) is 25.2 Å². The number of alkyl halides is 1. The van der Waals surface area contributed by atoms with Gasteiger partial charge >= 0.3 is 6.09 Å². The number of rotatable bonds is 2. The Bertz CT molecular complexity index is 707.